The number of nitrogens with zero attached hydrogens (tertiary/aromatic N) is 4. The molecule has 0 aliphatic carbocycles. The summed E-state index contributed by atoms with van der Waals surface area (Å²) in [6.07, 6.45) is 0.578. The zero-order chi connectivity index (χ0) is 19.6. The smallest absolute Gasteiger partial charge is 0.407 e. The quantitative estimate of drug-likeness (QED) is 0.625. The Labute approximate surface area is 164 Å². The van der Waals surface area contributed by atoms with E-state index in [0.29, 0.717) is 27.1 Å². The van der Waals surface area contributed by atoms with Crippen molar-refractivity contribution in [2.75, 3.05) is 7.05 Å². The first-order valence-electron chi connectivity index (χ1n) is 7.93. The Balaban J connectivity index is 2.03. The molecule has 2 heterocycles. The van der Waals surface area contributed by atoms with E-state index in [2.05, 4.69) is 10.1 Å². The van der Waals surface area contributed by atoms with Gasteiger partial charge >= 0.3 is 6.09 Å². The molecular weight excluding hydrogens is 391 g/mol. The van der Waals surface area contributed by atoms with Gasteiger partial charge in [-0.25, -0.2) is 18.9 Å². The third-order valence-electron chi connectivity index (χ3n) is 3.84. The summed E-state index contributed by atoms with van der Waals surface area (Å²) in [6.45, 7) is 1.79. The van der Waals surface area contributed by atoms with E-state index in [1.54, 1.807) is 42.1 Å². The van der Waals surface area contributed by atoms with Gasteiger partial charge < -0.3 is 10.0 Å². The maximum atomic E-state index is 14.0. The molecule has 1 amide bonds. The van der Waals surface area contributed by atoms with E-state index < -0.39 is 6.09 Å². The van der Waals surface area contributed by atoms with Crippen LogP contribution in [-0.2, 0) is 6.54 Å². The minimum absolute atomic E-state index is 0.114. The van der Waals surface area contributed by atoms with Crippen LogP contribution in [0.1, 0.15) is 11.3 Å². The molecule has 9 heteroatoms. The molecule has 0 atom stereocenters. The Morgan fingerprint density at radius 3 is 2.81 bits per heavy atom. The number of halogens is 2. The first-order chi connectivity index (χ1) is 12.8. The standard InChI is InChI=1S/C18H16ClFN4O2S/c1-11-14(20)4-3-5-15(11)24-17(27-13-6-7-16(19)21-9-13)8-12(22-24)10-23(2)18(25)26/h3-9H,10H2,1-2H3,(H,25,26). The Hall–Kier alpha value is -2.58. The molecule has 0 fully saturated rings. The maximum Gasteiger partial charge on any atom is 0.407 e. The van der Waals surface area contributed by atoms with E-state index in [4.69, 9.17) is 16.7 Å². The first-order valence-corrected chi connectivity index (χ1v) is 9.12. The molecule has 0 aliphatic heterocycles. The molecule has 1 aromatic carbocycles. The van der Waals surface area contributed by atoms with Crippen molar-refractivity contribution in [2.45, 2.75) is 23.4 Å². The van der Waals surface area contributed by atoms with Crippen LogP contribution in [0.3, 0.4) is 0 Å². The van der Waals surface area contributed by atoms with Crippen molar-refractivity contribution in [3.8, 4) is 5.69 Å². The summed E-state index contributed by atoms with van der Waals surface area (Å²) in [5, 5.41) is 14.7. The highest BCUT2D eigenvalue weighted by Crippen LogP contribution is 2.31. The zero-order valence-electron chi connectivity index (χ0n) is 14.6. The number of carbonyl (C=O) groups is 1. The summed E-state index contributed by atoms with van der Waals surface area (Å²) in [5.41, 5.74) is 1.59. The summed E-state index contributed by atoms with van der Waals surface area (Å²) in [6, 6.07) is 10.0. The second-order valence-electron chi connectivity index (χ2n) is 5.83. The van der Waals surface area contributed by atoms with Crippen molar-refractivity contribution < 1.29 is 14.3 Å². The van der Waals surface area contributed by atoms with Gasteiger partial charge in [-0.05, 0) is 37.3 Å². The van der Waals surface area contributed by atoms with Crippen molar-refractivity contribution in [1.82, 2.24) is 19.7 Å². The van der Waals surface area contributed by atoms with Gasteiger partial charge in [-0.3, -0.25) is 0 Å². The molecule has 0 saturated carbocycles. The topological polar surface area (TPSA) is 71.2 Å². The fraction of sp³-hybridized carbons (Fsp3) is 0.167. The molecule has 0 spiro atoms. The molecule has 0 saturated heterocycles. The largest absolute Gasteiger partial charge is 0.465 e. The molecule has 27 heavy (non-hydrogen) atoms. The van der Waals surface area contributed by atoms with Crippen molar-refractivity contribution in [3.63, 3.8) is 0 Å². The SMILES string of the molecule is Cc1c(F)cccc1-n1nc(CN(C)C(=O)O)cc1Sc1ccc(Cl)nc1. The van der Waals surface area contributed by atoms with Crippen LogP contribution in [0.4, 0.5) is 9.18 Å². The van der Waals surface area contributed by atoms with E-state index in [1.165, 1.54) is 24.9 Å². The molecule has 2 aromatic heterocycles. The minimum Gasteiger partial charge on any atom is -0.465 e. The average molecular weight is 407 g/mol. The molecule has 3 rings (SSSR count). The lowest BCUT2D eigenvalue weighted by atomic mass is 10.2. The Bertz CT molecular complexity index is 978. The third kappa shape index (κ3) is 4.40. The molecule has 1 N–H and O–H groups in total. The van der Waals surface area contributed by atoms with Gasteiger partial charge in [0.15, 0.2) is 0 Å². The second kappa shape index (κ2) is 7.98. The summed E-state index contributed by atoms with van der Waals surface area (Å²) < 4.78 is 15.6. The Morgan fingerprint density at radius 1 is 1.37 bits per heavy atom. The van der Waals surface area contributed by atoms with Crippen LogP contribution in [-0.4, -0.2) is 37.9 Å². The number of carboxylic acid groups (broad SMARTS) is 1. The number of aromatic nitrogens is 3. The van der Waals surface area contributed by atoms with Gasteiger partial charge in [0, 0.05) is 23.7 Å². The van der Waals surface area contributed by atoms with Gasteiger partial charge in [0.2, 0.25) is 0 Å². The summed E-state index contributed by atoms with van der Waals surface area (Å²) in [7, 11) is 1.46. The van der Waals surface area contributed by atoms with E-state index in [1.807, 2.05) is 6.07 Å². The highest BCUT2D eigenvalue weighted by atomic mass is 35.5. The molecule has 6 nitrogen and oxygen atoms in total. The van der Waals surface area contributed by atoms with Gasteiger partial charge in [-0.1, -0.05) is 29.4 Å². The lowest BCUT2D eigenvalue weighted by molar-refractivity contribution is 0.153. The number of benzene rings is 1. The molecule has 3 aromatic rings. The van der Waals surface area contributed by atoms with Crippen LogP contribution in [0.2, 0.25) is 5.15 Å². The predicted octanol–water partition coefficient (Wildman–Crippen LogP) is 4.63. The van der Waals surface area contributed by atoms with Crippen LogP contribution < -0.4 is 0 Å². The summed E-state index contributed by atoms with van der Waals surface area (Å²) in [5.74, 6) is -0.337. The van der Waals surface area contributed by atoms with E-state index in [0.717, 1.165) is 9.80 Å². The van der Waals surface area contributed by atoms with Gasteiger partial charge in [-0.2, -0.15) is 5.10 Å². The highest BCUT2D eigenvalue weighted by molar-refractivity contribution is 7.99. The highest BCUT2D eigenvalue weighted by Gasteiger charge is 2.17. The number of pyridine rings is 1. The first kappa shape index (κ1) is 19.2. The van der Waals surface area contributed by atoms with Crippen LogP contribution in [0.5, 0.6) is 0 Å². The summed E-state index contributed by atoms with van der Waals surface area (Å²) in [4.78, 5) is 17.1. The van der Waals surface area contributed by atoms with E-state index in [9.17, 15) is 9.18 Å². The van der Waals surface area contributed by atoms with Gasteiger partial charge in [0.1, 0.15) is 16.0 Å². The fourth-order valence-electron chi connectivity index (χ4n) is 2.41. The lowest BCUT2D eigenvalue weighted by Crippen LogP contribution is -2.24. The van der Waals surface area contributed by atoms with Crippen LogP contribution in [0.15, 0.2) is 52.5 Å². The second-order valence-corrected chi connectivity index (χ2v) is 7.31. The average Bonchev–Trinajstić information content (AvgIpc) is 3.01. The summed E-state index contributed by atoms with van der Waals surface area (Å²) >= 11 is 7.21. The lowest BCUT2D eigenvalue weighted by Gasteiger charge is -2.11. The van der Waals surface area contributed by atoms with Crippen LogP contribution in [0.25, 0.3) is 5.69 Å². The normalized spacial score (nSPS) is 10.8. The molecule has 0 aliphatic rings. The number of hydrogen-bond acceptors (Lipinski definition) is 4. The molecular formula is C18H16ClFN4O2S. The molecule has 0 unspecified atom stereocenters. The van der Waals surface area contributed by atoms with Gasteiger partial charge in [0.05, 0.1) is 17.9 Å². The Morgan fingerprint density at radius 2 is 2.15 bits per heavy atom. The van der Waals surface area contributed by atoms with Crippen LogP contribution in [0, 0.1) is 12.7 Å². The fourth-order valence-corrected chi connectivity index (χ4v) is 3.43. The van der Waals surface area contributed by atoms with Crippen molar-refractivity contribution in [3.05, 3.63) is 64.8 Å². The maximum absolute atomic E-state index is 14.0. The van der Waals surface area contributed by atoms with Crippen molar-refractivity contribution in [2.24, 2.45) is 0 Å². The minimum atomic E-state index is -1.05. The van der Waals surface area contributed by atoms with E-state index >= 15 is 0 Å². The number of rotatable bonds is 5. The number of amides is 1. The number of hydrogen-bond donors (Lipinski definition) is 1. The third-order valence-corrected chi connectivity index (χ3v) is 5.04. The van der Waals surface area contributed by atoms with Crippen molar-refractivity contribution in [1.29, 1.82) is 0 Å². The zero-order valence-corrected chi connectivity index (χ0v) is 16.1. The van der Waals surface area contributed by atoms with Crippen LogP contribution >= 0.6 is 23.4 Å². The van der Waals surface area contributed by atoms with Gasteiger partial charge in [0.25, 0.3) is 0 Å². The molecule has 0 bridgehead atoms. The molecule has 140 valence electrons. The monoisotopic (exact) mass is 406 g/mol. The van der Waals surface area contributed by atoms with E-state index in [-0.39, 0.29) is 12.4 Å². The predicted molar refractivity (Wildman–Crippen MR) is 101 cm³/mol. The van der Waals surface area contributed by atoms with Crippen molar-refractivity contribution >= 4 is 29.5 Å². The Kier molecular flexibility index (Phi) is 5.67. The van der Waals surface area contributed by atoms with Gasteiger partial charge in [-0.15, -0.1) is 0 Å². The molecule has 0 radical (unpaired) electrons.